The fraction of sp³-hybridized carbons (Fsp3) is 0.286. The van der Waals surface area contributed by atoms with E-state index in [1.807, 2.05) is 19.2 Å². The number of hydrogen-bond acceptors (Lipinski definition) is 3. The topological polar surface area (TPSA) is 49.3 Å². The summed E-state index contributed by atoms with van der Waals surface area (Å²) in [5, 5.41) is 7.33. The maximum Gasteiger partial charge on any atom is 0.191 e. The van der Waals surface area contributed by atoms with Gasteiger partial charge in [0.25, 0.3) is 0 Å². The smallest absolute Gasteiger partial charge is 0.191 e. The first-order valence-electron chi connectivity index (χ1n) is 6.38. The van der Waals surface area contributed by atoms with E-state index in [-0.39, 0.29) is 29.8 Å². The molecule has 0 radical (unpaired) electrons. The van der Waals surface area contributed by atoms with Crippen molar-refractivity contribution in [3.8, 4) is 0 Å². The van der Waals surface area contributed by atoms with Gasteiger partial charge in [-0.15, -0.1) is 35.3 Å². The fourth-order valence-electron chi connectivity index (χ4n) is 1.70. The number of aromatic nitrogens is 1. The second kappa shape index (κ2) is 9.41. The molecule has 0 amide bonds. The van der Waals surface area contributed by atoms with Gasteiger partial charge >= 0.3 is 0 Å². The lowest BCUT2D eigenvalue weighted by molar-refractivity contribution is 0.617. The molecule has 2 aromatic rings. The second-order valence-corrected chi connectivity index (χ2v) is 6.57. The van der Waals surface area contributed by atoms with Crippen molar-refractivity contribution in [3.63, 3.8) is 0 Å². The third-order valence-electron chi connectivity index (χ3n) is 2.74. The van der Waals surface area contributed by atoms with E-state index in [9.17, 15) is 4.39 Å². The first-order chi connectivity index (χ1) is 10.1. The summed E-state index contributed by atoms with van der Waals surface area (Å²) in [4.78, 5) is 9.59. The van der Waals surface area contributed by atoms with Crippen LogP contribution in [0.4, 0.5) is 4.39 Å². The summed E-state index contributed by atoms with van der Waals surface area (Å²) >= 11 is 4.79. The molecular formula is C14H17BrFIN4S. The van der Waals surface area contributed by atoms with E-state index in [1.165, 1.54) is 10.9 Å². The minimum atomic E-state index is -0.268. The molecule has 1 aromatic heterocycles. The monoisotopic (exact) mass is 498 g/mol. The van der Waals surface area contributed by atoms with E-state index in [2.05, 4.69) is 36.5 Å². The molecule has 0 bridgehead atoms. The molecule has 2 rings (SSSR count). The van der Waals surface area contributed by atoms with Crippen LogP contribution >= 0.6 is 51.2 Å². The molecule has 0 aliphatic heterocycles. The zero-order valence-electron chi connectivity index (χ0n) is 12.2. The highest BCUT2D eigenvalue weighted by Gasteiger charge is 2.04. The van der Waals surface area contributed by atoms with Crippen LogP contribution in [0.2, 0.25) is 0 Å². The first-order valence-corrected chi connectivity index (χ1v) is 7.99. The summed E-state index contributed by atoms with van der Waals surface area (Å²) in [6, 6.07) is 5.05. The highest BCUT2D eigenvalue weighted by atomic mass is 127. The standard InChI is InChI=1S/C14H16BrFN4S.HI/c1-9-6-18-13(21-9)8-20-14(17-2)19-7-10-3-4-11(15)12(16)5-10;/h3-6H,7-8H2,1-2H3,(H2,17,19,20);1H. The van der Waals surface area contributed by atoms with Gasteiger partial charge in [0.2, 0.25) is 0 Å². The lowest BCUT2D eigenvalue weighted by Crippen LogP contribution is -2.36. The van der Waals surface area contributed by atoms with Crippen molar-refractivity contribution in [1.29, 1.82) is 0 Å². The van der Waals surface area contributed by atoms with Crippen LogP contribution < -0.4 is 10.6 Å². The van der Waals surface area contributed by atoms with Gasteiger partial charge in [-0.3, -0.25) is 4.99 Å². The van der Waals surface area contributed by atoms with E-state index in [0.29, 0.717) is 23.5 Å². The van der Waals surface area contributed by atoms with Crippen LogP contribution in [0.3, 0.4) is 0 Å². The molecule has 120 valence electrons. The number of guanidine groups is 1. The van der Waals surface area contributed by atoms with Gasteiger partial charge in [-0.25, -0.2) is 9.37 Å². The van der Waals surface area contributed by atoms with Gasteiger partial charge in [0, 0.05) is 24.7 Å². The van der Waals surface area contributed by atoms with Gasteiger partial charge in [-0.2, -0.15) is 0 Å². The van der Waals surface area contributed by atoms with Gasteiger partial charge < -0.3 is 10.6 Å². The molecule has 0 aliphatic rings. The number of nitrogens with one attached hydrogen (secondary N) is 2. The SMILES string of the molecule is CN=C(NCc1ccc(Br)c(F)c1)NCc1ncc(C)s1.I. The minimum Gasteiger partial charge on any atom is -0.352 e. The zero-order chi connectivity index (χ0) is 15.2. The number of rotatable bonds is 4. The van der Waals surface area contributed by atoms with Crippen molar-refractivity contribution < 1.29 is 4.39 Å². The van der Waals surface area contributed by atoms with Gasteiger partial charge in [-0.1, -0.05) is 6.07 Å². The summed E-state index contributed by atoms with van der Waals surface area (Å²) in [5.74, 6) is 0.390. The van der Waals surface area contributed by atoms with Crippen molar-refractivity contribution in [3.05, 3.63) is 50.1 Å². The lowest BCUT2D eigenvalue weighted by atomic mass is 10.2. The highest BCUT2D eigenvalue weighted by molar-refractivity contribution is 14.0. The Balaban J connectivity index is 0.00000242. The Morgan fingerprint density at radius 2 is 2.09 bits per heavy atom. The van der Waals surface area contributed by atoms with Gasteiger partial charge in [0.15, 0.2) is 5.96 Å². The van der Waals surface area contributed by atoms with Crippen LogP contribution in [-0.4, -0.2) is 18.0 Å². The Bertz CT molecular complexity index is 648. The van der Waals surface area contributed by atoms with Gasteiger partial charge in [0.05, 0.1) is 11.0 Å². The number of nitrogens with zero attached hydrogens (tertiary/aromatic N) is 2. The summed E-state index contributed by atoms with van der Waals surface area (Å²) in [7, 11) is 1.70. The van der Waals surface area contributed by atoms with Crippen molar-refractivity contribution in [2.45, 2.75) is 20.0 Å². The number of benzene rings is 1. The van der Waals surface area contributed by atoms with Crippen LogP contribution in [0.15, 0.2) is 33.9 Å². The Hall–Kier alpha value is -0.740. The van der Waals surface area contributed by atoms with E-state index in [1.54, 1.807) is 24.5 Å². The molecule has 0 atom stereocenters. The normalized spacial score (nSPS) is 11.0. The number of hydrogen-bond donors (Lipinski definition) is 2. The molecule has 1 aromatic carbocycles. The molecule has 0 saturated carbocycles. The number of thiazole rings is 1. The predicted octanol–water partition coefficient (Wildman–Crippen LogP) is 3.84. The maximum atomic E-state index is 13.4. The Kier molecular flexibility index (Phi) is 8.26. The molecule has 8 heteroatoms. The van der Waals surface area contributed by atoms with E-state index in [4.69, 9.17) is 0 Å². The number of halogens is 3. The minimum absolute atomic E-state index is 0. The van der Waals surface area contributed by atoms with Gasteiger partial charge in [0.1, 0.15) is 10.8 Å². The quantitative estimate of drug-likeness (QED) is 0.382. The molecule has 0 unspecified atom stereocenters. The van der Waals surface area contributed by atoms with Crippen LogP contribution in [0, 0.1) is 12.7 Å². The predicted molar refractivity (Wildman–Crippen MR) is 103 cm³/mol. The summed E-state index contributed by atoms with van der Waals surface area (Å²) in [5.41, 5.74) is 0.851. The fourth-order valence-corrected chi connectivity index (χ4v) is 2.67. The largest absolute Gasteiger partial charge is 0.352 e. The Morgan fingerprint density at radius 3 is 2.68 bits per heavy atom. The van der Waals surface area contributed by atoms with Crippen molar-refractivity contribution >= 4 is 57.2 Å². The second-order valence-electron chi connectivity index (χ2n) is 4.39. The van der Waals surface area contributed by atoms with Crippen LogP contribution in [0.1, 0.15) is 15.4 Å². The van der Waals surface area contributed by atoms with Crippen LogP contribution in [0.25, 0.3) is 0 Å². The van der Waals surface area contributed by atoms with Crippen LogP contribution in [0.5, 0.6) is 0 Å². The van der Waals surface area contributed by atoms with Crippen LogP contribution in [-0.2, 0) is 13.1 Å². The van der Waals surface area contributed by atoms with Gasteiger partial charge in [-0.05, 0) is 40.5 Å². The van der Waals surface area contributed by atoms with E-state index < -0.39 is 0 Å². The summed E-state index contributed by atoms with van der Waals surface area (Å²) < 4.78 is 13.9. The molecular weight excluding hydrogens is 482 g/mol. The summed E-state index contributed by atoms with van der Waals surface area (Å²) in [6.45, 7) is 3.14. The average molecular weight is 499 g/mol. The molecule has 0 spiro atoms. The van der Waals surface area contributed by atoms with Crippen molar-refractivity contribution in [2.75, 3.05) is 7.05 Å². The average Bonchev–Trinajstić information content (AvgIpc) is 2.88. The lowest BCUT2D eigenvalue weighted by Gasteiger charge is -2.11. The number of aryl methyl sites for hydroxylation is 1. The molecule has 22 heavy (non-hydrogen) atoms. The molecule has 4 nitrogen and oxygen atoms in total. The van der Waals surface area contributed by atoms with Crippen molar-refractivity contribution in [2.24, 2.45) is 4.99 Å². The summed E-state index contributed by atoms with van der Waals surface area (Å²) in [6.07, 6.45) is 1.85. The molecule has 1 heterocycles. The Labute approximate surface area is 158 Å². The van der Waals surface area contributed by atoms with E-state index in [0.717, 1.165) is 10.6 Å². The maximum absolute atomic E-state index is 13.4. The highest BCUT2D eigenvalue weighted by Crippen LogP contribution is 2.16. The van der Waals surface area contributed by atoms with E-state index >= 15 is 0 Å². The molecule has 0 saturated heterocycles. The number of aliphatic imine (C=N–C) groups is 1. The molecule has 0 aliphatic carbocycles. The molecule has 0 fully saturated rings. The molecule has 2 N–H and O–H groups in total. The van der Waals surface area contributed by atoms with Crippen molar-refractivity contribution in [1.82, 2.24) is 15.6 Å². The third kappa shape index (κ3) is 5.81. The zero-order valence-corrected chi connectivity index (χ0v) is 16.9. The first kappa shape index (κ1) is 19.3. The Morgan fingerprint density at radius 1 is 1.36 bits per heavy atom. The third-order valence-corrected chi connectivity index (χ3v) is 4.30.